The topological polar surface area (TPSA) is 99.8 Å². The van der Waals surface area contributed by atoms with E-state index < -0.39 is 5.97 Å². The molecule has 0 aliphatic heterocycles. The number of carboxylic acid groups (broad SMARTS) is 1. The molecule has 1 amide bonds. The van der Waals surface area contributed by atoms with Crippen molar-refractivity contribution in [1.82, 2.24) is 14.4 Å². The van der Waals surface area contributed by atoms with Gasteiger partial charge in [-0.2, -0.15) is 0 Å². The molecule has 2 aromatic carbocycles. The molecular formula is C25H25N5O3. The number of anilines is 2. The summed E-state index contributed by atoms with van der Waals surface area (Å²) in [4.78, 5) is 34.8. The molecule has 0 saturated carbocycles. The van der Waals surface area contributed by atoms with E-state index in [1.54, 1.807) is 29.4 Å². The summed E-state index contributed by atoms with van der Waals surface area (Å²) in [6, 6.07) is 15.0. The number of carboxylic acids is 1. The molecule has 8 heteroatoms. The maximum Gasteiger partial charge on any atom is 0.308 e. The van der Waals surface area contributed by atoms with Gasteiger partial charge in [0, 0.05) is 49.7 Å². The summed E-state index contributed by atoms with van der Waals surface area (Å²) in [5.74, 6) is 0.250. The first-order valence-electron chi connectivity index (χ1n) is 10.5. The normalized spacial score (nSPS) is 10.9. The number of imidazole rings is 1. The van der Waals surface area contributed by atoms with E-state index in [0.717, 1.165) is 17.0 Å². The molecule has 0 fully saturated rings. The summed E-state index contributed by atoms with van der Waals surface area (Å²) < 4.78 is 1.83. The van der Waals surface area contributed by atoms with Crippen LogP contribution in [0.3, 0.4) is 0 Å². The van der Waals surface area contributed by atoms with E-state index in [2.05, 4.69) is 10.3 Å². The van der Waals surface area contributed by atoms with Gasteiger partial charge in [-0.3, -0.25) is 14.0 Å². The van der Waals surface area contributed by atoms with Gasteiger partial charge in [0.25, 0.3) is 5.91 Å². The zero-order valence-corrected chi connectivity index (χ0v) is 18.7. The Morgan fingerprint density at radius 2 is 1.76 bits per heavy atom. The number of hydrogen-bond acceptors (Lipinski definition) is 5. The van der Waals surface area contributed by atoms with Crippen molar-refractivity contribution in [2.45, 2.75) is 19.8 Å². The molecule has 168 valence electrons. The van der Waals surface area contributed by atoms with Gasteiger partial charge in [-0.25, -0.2) is 9.97 Å². The standard InChI is InChI=1S/C25H25N5O3/c1-16-4-8-18(9-5-16)25(33)27-19-10-6-17(7-11-19)14-21-28-24(29(2)3)20(15-22(31)32)23-26-12-13-30(21)23/h4-13H,14-15H2,1-3H3,(H,27,33)(H,31,32)/i22+1,25+1. The Morgan fingerprint density at radius 1 is 1.06 bits per heavy atom. The number of hydrogen-bond donors (Lipinski definition) is 2. The second-order valence-electron chi connectivity index (χ2n) is 8.11. The van der Waals surface area contributed by atoms with Crippen LogP contribution in [0.1, 0.15) is 32.9 Å². The van der Waals surface area contributed by atoms with Crippen LogP contribution in [0.2, 0.25) is 0 Å². The average Bonchev–Trinajstić information content (AvgIpc) is 3.27. The second-order valence-corrected chi connectivity index (χ2v) is 8.11. The van der Waals surface area contributed by atoms with Crippen molar-refractivity contribution in [3.8, 4) is 0 Å². The van der Waals surface area contributed by atoms with Gasteiger partial charge in [0.2, 0.25) is 0 Å². The van der Waals surface area contributed by atoms with Crippen LogP contribution in [0.15, 0.2) is 60.9 Å². The third-order valence-electron chi connectivity index (χ3n) is 5.33. The van der Waals surface area contributed by atoms with Crippen LogP contribution in [0.25, 0.3) is 5.65 Å². The van der Waals surface area contributed by atoms with Crippen molar-refractivity contribution in [1.29, 1.82) is 0 Å². The molecular weight excluding hydrogens is 420 g/mol. The number of carbonyl (C=O) groups is 2. The smallest absolute Gasteiger partial charge is 0.308 e. The largest absolute Gasteiger partial charge is 0.481 e. The number of nitrogens with one attached hydrogen (secondary N) is 1. The molecule has 33 heavy (non-hydrogen) atoms. The quantitative estimate of drug-likeness (QED) is 0.422. The summed E-state index contributed by atoms with van der Waals surface area (Å²) in [6.45, 7) is 1.98. The molecule has 4 aromatic rings. The predicted octanol–water partition coefficient (Wildman–Crippen LogP) is 3.57. The SMILES string of the molecule is Cc1ccc([13C](=O)Nc2ccc(Cc3nc(N(C)C)c(C[13C](=O)O)c4nccn34)cc2)cc1. The molecule has 8 nitrogen and oxygen atoms in total. The number of fused-ring (bicyclic) bond motifs is 1. The molecule has 0 aliphatic carbocycles. The Kier molecular flexibility index (Phi) is 6.08. The number of nitrogens with zero attached hydrogens (tertiary/aromatic N) is 4. The lowest BCUT2D eigenvalue weighted by atomic mass is 10.1. The number of carbonyl (C=O) groups excluding carboxylic acids is 1. The Bertz CT molecular complexity index is 1310. The van der Waals surface area contributed by atoms with E-state index in [1.165, 1.54) is 0 Å². The molecule has 0 aliphatic rings. The van der Waals surface area contributed by atoms with E-state index in [0.29, 0.717) is 34.7 Å². The van der Waals surface area contributed by atoms with Gasteiger partial charge in [0.05, 0.1) is 6.42 Å². The van der Waals surface area contributed by atoms with Crippen molar-refractivity contribution in [3.63, 3.8) is 0 Å². The van der Waals surface area contributed by atoms with Gasteiger partial charge in [-0.15, -0.1) is 0 Å². The molecule has 2 aromatic heterocycles. The molecule has 0 radical (unpaired) electrons. The van der Waals surface area contributed by atoms with E-state index in [1.807, 2.05) is 61.8 Å². The van der Waals surface area contributed by atoms with Crippen LogP contribution in [0, 0.1) is 6.92 Å². The van der Waals surface area contributed by atoms with Crippen LogP contribution >= 0.6 is 0 Å². The highest BCUT2D eigenvalue weighted by Crippen LogP contribution is 2.24. The Labute approximate surface area is 191 Å². The van der Waals surface area contributed by atoms with E-state index in [4.69, 9.17) is 4.98 Å². The van der Waals surface area contributed by atoms with E-state index in [9.17, 15) is 14.7 Å². The number of aromatic nitrogens is 3. The monoisotopic (exact) mass is 445 g/mol. The zero-order chi connectivity index (χ0) is 23.5. The summed E-state index contributed by atoms with van der Waals surface area (Å²) in [5.41, 5.74) is 4.58. The Hall–Kier alpha value is -4.20. The van der Waals surface area contributed by atoms with E-state index >= 15 is 0 Å². The molecule has 0 bridgehead atoms. The molecule has 2 heterocycles. The Morgan fingerprint density at radius 3 is 2.39 bits per heavy atom. The molecule has 0 spiro atoms. The van der Waals surface area contributed by atoms with Gasteiger partial charge in [-0.05, 0) is 36.8 Å². The second kappa shape index (κ2) is 9.12. The first-order valence-corrected chi connectivity index (χ1v) is 10.5. The average molecular weight is 445 g/mol. The van der Waals surface area contributed by atoms with Crippen molar-refractivity contribution in [2.75, 3.05) is 24.3 Å². The number of aryl methyl sites for hydroxylation is 1. The third-order valence-corrected chi connectivity index (χ3v) is 5.33. The summed E-state index contributed by atoms with van der Waals surface area (Å²) >= 11 is 0. The van der Waals surface area contributed by atoms with Crippen LogP contribution in [-0.2, 0) is 17.6 Å². The highest BCUT2D eigenvalue weighted by Gasteiger charge is 2.19. The van der Waals surface area contributed by atoms with Crippen LogP contribution in [-0.4, -0.2) is 45.4 Å². The lowest BCUT2D eigenvalue weighted by Gasteiger charge is -2.18. The number of aliphatic carboxylic acids is 1. The minimum atomic E-state index is -0.930. The van der Waals surface area contributed by atoms with Gasteiger partial charge in [-0.1, -0.05) is 29.8 Å². The van der Waals surface area contributed by atoms with Crippen LogP contribution in [0.5, 0.6) is 0 Å². The molecule has 2 N–H and O–H groups in total. The lowest BCUT2D eigenvalue weighted by molar-refractivity contribution is -0.136. The first-order chi connectivity index (χ1) is 15.8. The number of amides is 1. The predicted molar refractivity (Wildman–Crippen MR) is 127 cm³/mol. The number of benzene rings is 2. The molecule has 0 unspecified atom stereocenters. The summed E-state index contributed by atoms with van der Waals surface area (Å²) in [5, 5.41) is 12.2. The fraction of sp³-hybridized carbons (Fsp3) is 0.200. The fourth-order valence-corrected chi connectivity index (χ4v) is 3.68. The van der Waals surface area contributed by atoms with E-state index in [-0.39, 0.29) is 12.3 Å². The van der Waals surface area contributed by atoms with Crippen molar-refractivity contribution < 1.29 is 14.7 Å². The summed E-state index contributed by atoms with van der Waals surface area (Å²) in [7, 11) is 3.67. The van der Waals surface area contributed by atoms with Crippen LogP contribution < -0.4 is 10.2 Å². The highest BCUT2D eigenvalue weighted by atomic mass is 16.5. The summed E-state index contributed by atoms with van der Waals surface area (Å²) in [6.07, 6.45) is 3.80. The van der Waals surface area contributed by atoms with Gasteiger partial charge in [0.1, 0.15) is 17.3 Å². The maximum atomic E-state index is 12.4. The van der Waals surface area contributed by atoms with Gasteiger partial charge < -0.3 is 15.3 Å². The van der Waals surface area contributed by atoms with Gasteiger partial charge in [0.15, 0.2) is 0 Å². The molecule has 4 rings (SSSR count). The van der Waals surface area contributed by atoms with Crippen molar-refractivity contribution >= 4 is 29.0 Å². The molecule has 0 saturated heterocycles. The Balaban J connectivity index is 1.57. The van der Waals surface area contributed by atoms with Crippen LogP contribution in [0.4, 0.5) is 11.5 Å². The third kappa shape index (κ3) is 4.85. The fourth-order valence-electron chi connectivity index (χ4n) is 3.68. The lowest BCUT2D eigenvalue weighted by Crippen LogP contribution is -2.19. The zero-order valence-electron chi connectivity index (χ0n) is 18.7. The number of rotatable bonds is 7. The minimum Gasteiger partial charge on any atom is -0.481 e. The van der Waals surface area contributed by atoms with Crippen molar-refractivity contribution in [2.24, 2.45) is 0 Å². The maximum absolute atomic E-state index is 12.4. The minimum absolute atomic E-state index is 0.156. The van der Waals surface area contributed by atoms with Crippen molar-refractivity contribution in [3.05, 3.63) is 89.0 Å². The first kappa shape index (κ1) is 22.0. The molecule has 0 atom stereocenters. The van der Waals surface area contributed by atoms with Gasteiger partial charge >= 0.3 is 5.97 Å². The highest BCUT2D eigenvalue weighted by molar-refractivity contribution is 6.04.